The Morgan fingerprint density at radius 2 is 2.22 bits per heavy atom. The molecule has 1 fully saturated rings. The lowest BCUT2D eigenvalue weighted by Gasteiger charge is -2.32. The van der Waals surface area contributed by atoms with Crippen LogP contribution in [0.15, 0.2) is 24.5 Å². The van der Waals surface area contributed by atoms with Gasteiger partial charge in [-0.3, -0.25) is 14.5 Å². The molecule has 3 rings (SSSR count). The fourth-order valence-corrected chi connectivity index (χ4v) is 2.87. The third-order valence-electron chi connectivity index (χ3n) is 4.06. The molecule has 0 aliphatic carbocycles. The summed E-state index contributed by atoms with van der Waals surface area (Å²) in [5, 5.41) is 4.22. The summed E-state index contributed by atoms with van der Waals surface area (Å²) < 4.78 is 7.64. The van der Waals surface area contributed by atoms with Gasteiger partial charge >= 0.3 is 0 Å². The molecule has 1 amide bonds. The number of nitrogens with zero attached hydrogens (tertiary/aromatic N) is 4. The summed E-state index contributed by atoms with van der Waals surface area (Å²) in [5.74, 6) is 0.165. The van der Waals surface area contributed by atoms with E-state index in [0.717, 1.165) is 22.5 Å². The quantitative estimate of drug-likeness (QED) is 0.870. The molecule has 2 aromatic heterocycles. The third-order valence-corrected chi connectivity index (χ3v) is 4.06. The highest BCUT2D eigenvalue weighted by Crippen LogP contribution is 2.26. The van der Waals surface area contributed by atoms with Gasteiger partial charge in [0.2, 0.25) is 5.91 Å². The summed E-state index contributed by atoms with van der Waals surface area (Å²) in [6.07, 6.45) is 4.17. The number of pyridine rings is 1. The van der Waals surface area contributed by atoms with Gasteiger partial charge in [0.25, 0.3) is 0 Å². The summed E-state index contributed by atoms with van der Waals surface area (Å²) in [5.41, 5.74) is 3.93. The zero-order valence-electron chi connectivity index (χ0n) is 13.8. The SMILES string of the molecule is CCC(=O)N1CCO[C@H](c2cc(-c3cnn(C)c3)cc(C)n2)C1. The predicted molar refractivity (Wildman–Crippen MR) is 86.7 cm³/mol. The molecule has 2 aromatic rings. The van der Waals surface area contributed by atoms with Crippen molar-refractivity contribution in [3.05, 3.63) is 35.9 Å². The van der Waals surface area contributed by atoms with Gasteiger partial charge in [0, 0.05) is 37.5 Å². The molecule has 0 aromatic carbocycles. The summed E-state index contributed by atoms with van der Waals surface area (Å²) in [7, 11) is 1.90. The molecule has 6 nitrogen and oxygen atoms in total. The van der Waals surface area contributed by atoms with Crippen LogP contribution < -0.4 is 0 Å². The second-order valence-electron chi connectivity index (χ2n) is 5.88. The predicted octanol–water partition coefficient (Wildman–Crippen LogP) is 2.10. The van der Waals surface area contributed by atoms with E-state index in [1.165, 1.54) is 0 Å². The van der Waals surface area contributed by atoms with Crippen molar-refractivity contribution < 1.29 is 9.53 Å². The first-order valence-corrected chi connectivity index (χ1v) is 7.94. The molecular formula is C17H22N4O2. The van der Waals surface area contributed by atoms with E-state index < -0.39 is 0 Å². The van der Waals surface area contributed by atoms with Crippen LogP contribution in [0.5, 0.6) is 0 Å². The Morgan fingerprint density at radius 3 is 2.91 bits per heavy atom. The Balaban J connectivity index is 1.87. The van der Waals surface area contributed by atoms with Crippen molar-refractivity contribution in [2.24, 2.45) is 7.05 Å². The molecular weight excluding hydrogens is 292 g/mol. The van der Waals surface area contributed by atoms with Crippen molar-refractivity contribution in [3.8, 4) is 11.1 Å². The molecule has 1 saturated heterocycles. The van der Waals surface area contributed by atoms with Crippen molar-refractivity contribution in [1.82, 2.24) is 19.7 Å². The van der Waals surface area contributed by atoms with Crippen LogP contribution in [-0.4, -0.2) is 45.3 Å². The smallest absolute Gasteiger partial charge is 0.222 e. The topological polar surface area (TPSA) is 60.3 Å². The monoisotopic (exact) mass is 314 g/mol. The Kier molecular flexibility index (Phi) is 4.43. The zero-order valence-corrected chi connectivity index (χ0v) is 13.8. The van der Waals surface area contributed by atoms with E-state index >= 15 is 0 Å². The highest BCUT2D eigenvalue weighted by Gasteiger charge is 2.26. The molecule has 6 heteroatoms. The molecule has 0 radical (unpaired) electrons. The van der Waals surface area contributed by atoms with Gasteiger partial charge in [-0.2, -0.15) is 5.10 Å². The number of ether oxygens (including phenoxy) is 1. The van der Waals surface area contributed by atoms with Gasteiger partial charge in [0.15, 0.2) is 0 Å². The number of aromatic nitrogens is 3. The van der Waals surface area contributed by atoms with E-state index in [4.69, 9.17) is 4.74 Å². The first-order chi connectivity index (χ1) is 11.1. The third kappa shape index (κ3) is 3.42. The first-order valence-electron chi connectivity index (χ1n) is 7.94. The number of rotatable bonds is 3. The highest BCUT2D eigenvalue weighted by molar-refractivity contribution is 5.76. The molecule has 0 spiro atoms. The Morgan fingerprint density at radius 1 is 1.39 bits per heavy atom. The van der Waals surface area contributed by atoms with Crippen molar-refractivity contribution in [2.75, 3.05) is 19.7 Å². The molecule has 23 heavy (non-hydrogen) atoms. The van der Waals surface area contributed by atoms with Gasteiger partial charge in [-0.1, -0.05) is 6.92 Å². The largest absolute Gasteiger partial charge is 0.368 e. The van der Waals surface area contributed by atoms with Crippen molar-refractivity contribution in [3.63, 3.8) is 0 Å². The standard InChI is InChI=1S/C17H22N4O2/c1-4-17(22)21-5-6-23-16(11-21)15-8-13(7-12(2)19-15)14-9-18-20(3)10-14/h7-10,16H,4-6,11H2,1-3H3/t16-/m0/s1. The van der Waals surface area contributed by atoms with Crippen LogP contribution in [-0.2, 0) is 16.6 Å². The molecule has 0 N–H and O–H groups in total. The summed E-state index contributed by atoms with van der Waals surface area (Å²) in [6.45, 7) is 5.63. The van der Waals surface area contributed by atoms with E-state index in [-0.39, 0.29) is 12.0 Å². The van der Waals surface area contributed by atoms with Crippen LogP contribution >= 0.6 is 0 Å². The van der Waals surface area contributed by atoms with Crippen molar-refractivity contribution >= 4 is 5.91 Å². The van der Waals surface area contributed by atoms with Gasteiger partial charge in [0.1, 0.15) is 6.10 Å². The van der Waals surface area contributed by atoms with Crippen LogP contribution in [0.2, 0.25) is 0 Å². The minimum absolute atomic E-state index is 0.165. The molecule has 3 heterocycles. The van der Waals surface area contributed by atoms with Crippen LogP contribution in [0.4, 0.5) is 0 Å². The molecule has 122 valence electrons. The summed E-state index contributed by atoms with van der Waals surface area (Å²) in [4.78, 5) is 18.4. The maximum absolute atomic E-state index is 11.9. The minimum Gasteiger partial charge on any atom is -0.368 e. The van der Waals surface area contributed by atoms with E-state index in [2.05, 4.69) is 10.1 Å². The van der Waals surface area contributed by atoms with Gasteiger partial charge in [-0.05, 0) is 24.6 Å². The van der Waals surface area contributed by atoms with Crippen molar-refractivity contribution in [2.45, 2.75) is 26.4 Å². The van der Waals surface area contributed by atoms with Gasteiger partial charge in [0.05, 0.1) is 25.0 Å². The average molecular weight is 314 g/mol. The summed E-state index contributed by atoms with van der Waals surface area (Å²) >= 11 is 0. The zero-order chi connectivity index (χ0) is 16.4. The second kappa shape index (κ2) is 6.50. The van der Waals surface area contributed by atoms with Crippen LogP contribution in [0, 0.1) is 6.92 Å². The number of hydrogen-bond donors (Lipinski definition) is 0. The maximum Gasteiger partial charge on any atom is 0.222 e. The Bertz CT molecular complexity index is 710. The van der Waals surface area contributed by atoms with E-state index in [9.17, 15) is 4.79 Å². The highest BCUT2D eigenvalue weighted by atomic mass is 16.5. The van der Waals surface area contributed by atoms with E-state index in [1.807, 2.05) is 50.3 Å². The lowest BCUT2D eigenvalue weighted by atomic mass is 10.1. The Hall–Kier alpha value is -2.21. The lowest BCUT2D eigenvalue weighted by Crippen LogP contribution is -2.42. The van der Waals surface area contributed by atoms with Crippen molar-refractivity contribution in [1.29, 1.82) is 0 Å². The fraction of sp³-hybridized carbons (Fsp3) is 0.471. The number of hydrogen-bond acceptors (Lipinski definition) is 4. The number of carbonyl (C=O) groups excluding carboxylic acids is 1. The molecule has 1 atom stereocenters. The minimum atomic E-state index is -0.172. The van der Waals surface area contributed by atoms with E-state index in [0.29, 0.717) is 26.1 Å². The maximum atomic E-state index is 11.9. The van der Waals surface area contributed by atoms with Crippen LogP contribution in [0.25, 0.3) is 11.1 Å². The number of carbonyl (C=O) groups is 1. The molecule has 1 aliphatic rings. The molecule has 1 aliphatic heterocycles. The molecule has 0 bridgehead atoms. The van der Waals surface area contributed by atoms with Crippen LogP contribution in [0.1, 0.15) is 30.8 Å². The number of aryl methyl sites for hydroxylation is 2. The number of amides is 1. The van der Waals surface area contributed by atoms with E-state index in [1.54, 1.807) is 4.68 Å². The van der Waals surface area contributed by atoms with Crippen LogP contribution in [0.3, 0.4) is 0 Å². The molecule has 0 saturated carbocycles. The molecule has 0 unspecified atom stereocenters. The Labute approximate surface area is 136 Å². The number of morpholine rings is 1. The lowest BCUT2D eigenvalue weighted by molar-refractivity contribution is -0.138. The normalized spacial score (nSPS) is 18.2. The first kappa shape index (κ1) is 15.7. The second-order valence-corrected chi connectivity index (χ2v) is 5.88. The van der Waals surface area contributed by atoms with Gasteiger partial charge in [-0.15, -0.1) is 0 Å². The average Bonchev–Trinajstić information content (AvgIpc) is 3.00. The fourth-order valence-electron chi connectivity index (χ4n) is 2.87. The van der Waals surface area contributed by atoms with Gasteiger partial charge < -0.3 is 9.64 Å². The summed E-state index contributed by atoms with van der Waals surface area (Å²) in [6, 6.07) is 4.08. The van der Waals surface area contributed by atoms with Gasteiger partial charge in [-0.25, -0.2) is 0 Å².